The molecule has 0 saturated carbocycles. The van der Waals surface area contributed by atoms with Crippen LogP contribution in [0.15, 0.2) is 18.2 Å². The molecule has 0 bridgehead atoms. The standard InChI is InChI=1S/C16H10ClF6NO3/c1-2-12(18)27-11-7-9(17)3-4-10(11)24-13(25)5-8(6-14(24)26)15(19,20)16(21,22)23/h1,3-4,7-8,12H,5-6H2. The Morgan fingerprint density at radius 1 is 1.19 bits per heavy atom. The number of carbonyl (C=O) groups excluding carboxylic acids is 2. The molecule has 2 rings (SSSR count). The lowest BCUT2D eigenvalue weighted by atomic mass is 9.88. The lowest BCUT2D eigenvalue weighted by Gasteiger charge is -2.35. The molecule has 1 aromatic rings. The van der Waals surface area contributed by atoms with Gasteiger partial charge in [0.2, 0.25) is 11.8 Å². The molecule has 0 spiro atoms. The third kappa shape index (κ3) is 4.13. The lowest BCUT2D eigenvalue weighted by molar-refractivity contribution is -0.302. The van der Waals surface area contributed by atoms with Crippen molar-refractivity contribution in [3.63, 3.8) is 0 Å². The van der Waals surface area contributed by atoms with Crippen LogP contribution in [0.2, 0.25) is 5.02 Å². The van der Waals surface area contributed by atoms with Crippen LogP contribution >= 0.6 is 11.6 Å². The Hall–Kier alpha value is -2.41. The topological polar surface area (TPSA) is 46.6 Å². The van der Waals surface area contributed by atoms with Gasteiger partial charge in [-0.2, -0.15) is 26.3 Å². The minimum atomic E-state index is -5.91. The first-order chi connectivity index (χ1) is 12.4. The number of carbonyl (C=O) groups is 2. The van der Waals surface area contributed by atoms with Crippen LogP contribution in [0.5, 0.6) is 5.75 Å². The van der Waals surface area contributed by atoms with Crippen molar-refractivity contribution in [2.24, 2.45) is 5.92 Å². The fourth-order valence-electron chi connectivity index (χ4n) is 2.48. The van der Waals surface area contributed by atoms with Crippen molar-refractivity contribution in [2.45, 2.75) is 31.3 Å². The second-order valence-electron chi connectivity index (χ2n) is 5.56. The van der Waals surface area contributed by atoms with E-state index in [9.17, 15) is 35.9 Å². The molecule has 27 heavy (non-hydrogen) atoms. The number of ether oxygens (including phenoxy) is 1. The molecule has 1 aliphatic rings. The van der Waals surface area contributed by atoms with Gasteiger partial charge in [0, 0.05) is 29.8 Å². The highest BCUT2D eigenvalue weighted by molar-refractivity contribution is 6.31. The lowest BCUT2D eigenvalue weighted by Crippen LogP contribution is -2.52. The molecule has 1 saturated heterocycles. The third-order valence-corrected chi connectivity index (χ3v) is 3.99. The van der Waals surface area contributed by atoms with E-state index in [0.29, 0.717) is 4.90 Å². The summed E-state index contributed by atoms with van der Waals surface area (Å²) in [7, 11) is 0. The van der Waals surface area contributed by atoms with Crippen molar-refractivity contribution in [2.75, 3.05) is 4.90 Å². The van der Waals surface area contributed by atoms with Crippen LogP contribution in [0.25, 0.3) is 0 Å². The molecule has 0 aliphatic carbocycles. The number of imide groups is 1. The molecule has 1 aromatic carbocycles. The first-order valence-corrected chi connectivity index (χ1v) is 7.63. The predicted octanol–water partition coefficient (Wildman–Crippen LogP) is 4.11. The molecule has 1 aliphatic heterocycles. The van der Waals surface area contributed by atoms with Crippen LogP contribution in [0.4, 0.5) is 32.0 Å². The summed E-state index contributed by atoms with van der Waals surface area (Å²) in [6, 6.07) is 3.25. The van der Waals surface area contributed by atoms with Gasteiger partial charge in [-0.15, -0.1) is 6.42 Å². The van der Waals surface area contributed by atoms with Crippen molar-refractivity contribution in [1.29, 1.82) is 0 Å². The van der Waals surface area contributed by atoms with Crippen molar-refractivity contribution in [1.82, 2.24) is 0 Å². The molecule has 1 heterocycles. The van der Waals surface area contributed by atoms with E-state index in [1.807, 2.05) is 0 Å². The number of benzene rings is 1. The number of hydrogen-bond donors (Lipinski definition) is 0. The smallest absolute Gasteiger partial charge is 0.447 e. The average molecular weight is 414 g/mol. The largest absolute Gasteiger partial charge is 0.453 e. The van der Waals surface area contributed by atoms with E-state index in [1.165, 1.54) is 6.07 Å². The minimum Gasteiger partial charge on any atom is -0.447 e. The number of anilines is 1. The summed E-state index contributed by atoms with van der Waals surface area (Å²) in [5.41, 5.74) is -0.374. The van der Waals surface area contributed by atoms with Crippen LogP contribution in [0.1, 0.15) is 12.8 Å². The Morgan fingerprint density at radius 2 is 1.74 bits per heavy atom. The Bertz CT molecular complexity index is 786. The maximum absolute atomic E-state index is 13.5. The van der Waals surface area contributed by atoms with Gasteiger partial charge in [0.05, 0.1) is 5.69 Å². The molecule has 11 heteroatoms. The second-order valence-corrected chi connectivity index (χ2v) is 6.00. The summed E-state index contributed by atoms with van der Waals surface area (Å²) < 4.78 is 82.5. The zero-order valence-electron chi connectivity index (χ0n) is 13.2. The van der Waals surface area contributed by atoms with E-state index in [2.05, 4.69) is 0 Å². The molecule has 146 valence electrons. The van der Waals surface area contributed by atoms with E-state index >= 15 is 0 Å². The molecule has 1 unspecified atom stereocenters. The van der Waals surface area contributed by atoms with Crippen LogP contribution in [-0.4, -0.2) is 30.3 Å². The number of amides is 2. The first-order valence-electron chi connectivity index (χ1n) is 7.25. The first kappa shape index (κ1) is 20.9. The molecule has 1 atom stereocenters. The maximum Gasteiger partial charge on any atom is 0.453 e. The Labute approximate surface area is 154 Å². The fourth-order valence-corrected chi connectivity index (χ4v) is 2.65. The summed E-state index contributed by atoms with van der Waals surface area (Å²) in [6.45, 7) is 0. The highest BCUT2D eigenvalue weighted by Crippen LogP contribution is 2.46. The summed E-state index contributed by atoms with van der Waals surface area (Å²) in [5, 5.41) is 0.0105. The Balaban J connectivity index is 2.37. The van der Waals surface area contributed by atoms with E-state index in [1.54, 1.807) is 5.92 Å². The van der Waals surface area contributed by atoms with Gasteiger partial charge in [-0.3, -0.25) is 9.59 Å². The zero-order valence-corrected chi connectivity index (χ0v) is 14.0. The molecular weight excluding hydrogens is 404 g/mol. The van der Waals surface area contributed by atoms with E-state index in [0.717, 1.165) is 12.1 Å². The van der Waals surface area contributed by atoms with Gasteiger partial charge in [0.15, 0.2) is 0 Å². The third-order valence-electron chi connectivity index (χ3n) is 3.76. The van der Waals surface area contributed by atoms with Crippen LogP contribution < -0.4 is 9.64 Å². The number of rotatable bonds is 4. The monoisotopic (exact) mass is 413 g/mol. The van der Waals surface area contributed by atoms with Crippen molar-refractivity contribution < 1.29 is 40.7 Å². The number of terminal acetylenes is 1. The highest BCUT2D eigenvalue weighted by atomic mass is 35.5. The van der Waals surface area contributed by atoms with Gasteiger partial charge in [-0.1, -0.05) is 11.6 Å². The van der Waals surface area contributed by atoms with E-state index < -0.39 is 54.8 Å². The molecule has 0 aromatic heterocycles. The SMILES string of the molecule is C#CC(F)Oc1cc(Cl)ccc1N1C(=O)CC(C(F)(F)C(F)(F)F)CC1=O. The van der Waals surface area contributed by atoms with Gasteiger partial charge < -0.3 is 4.74 Å². The maximum atomic E-state index is 13.5. The molecule has 0 radical (unpaired) electrons. The molecule has 0 N–H and O–H groups in total. The average Bonchev–Trinajstić information content (AvgIpc) is 2.54. The van der Waals surface area contributed by atoms with Gasteiger partial charge in [0.25, 0.3) is 0 Å². The number of alkyl halides is 6. The molecule has 4 nitrogen and oxygen atoms in total. The number of nitrogens with zero attached hydrogens (tertiary/aromatic N) is 1. The number of hydrogen-bond acceptors (Lipinski definition) is 3. The summed E-state index contributed by atoms with van der Waals surface area (Å²) in [5.74, 6) is -9.30. The molecule has 2 amide bonds. The summed E-state index contributed by atoms with van der Waals surface area (Å²) in [4.78, 5) is 24.7. The van der Waals surface area contributed by atoms with Gasteiger partial charge >= 0.3 is 18.5 Å². The molecular formula is C16H10ClF6NO3. The summed E-state index contributed by atoms with van der Waals surface area (Å²) >= 11 is 5.72. The summed E-state index contributed by atoms with van der Waals surface area (Å²) in [6.07, 6.45) is -5.88. The Morgan fingerprint density at radius 3 is 2.22 bits per heavy atom. The van der Waals surface area contributed by atoms with Crippen molar-refractivity contribution in [3.8, 4) is 18.1 Å². The predicted molar refractivity (Wildman–Crippen MR) is 82.0 cm³/mol. The molecule has 1 fully saturated rings. The van der Waals surface area contributed by atoms with Crippen molar-refractivity contribution in [3.05, 3.63) is 23.2 Å². The van der Waals surface area contributed by atoms with Gasteiger partial charge in [0.1, 0.15) is 5.75 Å². The number of piperidine rings is 1. The normalized spacial score (nSPS) is 17.6. The number of halogens is 7. The van der Waals surface area contributed by atoms with E-state index in [4.69, 9.17) is 22.8 Å². The fraction of sp³-hybridized carbons (Fsp3) is 0.375. The van der Waals surface area contributed by atoms with Crippen LogP contribution in [0.3, 0.4) is 0 Å². The second kappa shape index (κ2) is 7.31. The van der Waals surface area contributed by atoms with Crippen LogP contribution in [0, 0.1) is 18.3 Å². The van der Waals surface area contributed by atoms with Gasteiger partial charge in [-0.25, -0.2) is 4.90 Å². The van der Waals surface area contributed by atoms with Crippen molar-refractivity contribution >= 4 is 29.1 Å². The van der Waals surface area contributed by atoms with Gasteiger partial charge in [-0.05, 0) is 18.1 Å². The zero-order chi connectivity index (χ0) is 20.6. The van der Waals surface area contributed by atoms with Crippen LogP contribution in [-0.2, 0) is 9.59 Å². The quantitative estimate of drug-likeness (QED) is 0.424. The highest BCUT2D eigenvalue weighted by Gasteiger charge is 2.64. The van der Waals surface area contributed by atoms with E-state index in [-0.39, 0.29) is 10.7 Å². The minimum absolute atomic E-state index is 0.0105. The Kier molecular flexibility index (Phi) is 5.65.